The number of halogens is 3. The maximum absolute atomic E-state index is 12.5. The number of hydrogen-bond acceptors (Lipinski definition) is 4. The summed E-state index contributed by atoms with van der Waals surface area (Å²) >= 11 is 0. The van der Waals surface area contributed by atoms with Crippen LogP contribution in [0.25, 0.3) is 0 Å². The maximum atomic E-state index is 12.5. The number of nitrogens with one attached hydrogen (secondary N) is 1. The van der Waals surface area contributed by atoms with Gasteiger partial charge in [0.1, 0.15) is 17.6 Å². The number of aromatic nitrogens is 1. The molecule has 1 aromatic heterocycles. The Morgan fingerprint density at radius 1 is 1.53 bits per heavy atom. The smallest absolute Gasteiger partial charge is 0.376 e. The van der Waals surface area contributed by atoms with Gasteiger partial charge in [0.15, 0.2) is 0 Å². The molecule has 0 unspecified atom stereocenters. The van der Waals surface area contributed by atoms with Gasteiger partial charge in [-0.2, -0.15) is 13.2 Å². The summed E-state index contributed by atoms with van der Waals surface area (Å²) in [7, 11) is 0. The molecule has 0 atom stereocenters. The third-order valence-corrected chi connectivity index (χ3v) is 2.17. The third-order valence-electron chi connectivity index (χ3n) is 2.17. The first kappa shape index (κ1) is 14.9. The Bertz CT molecular complexity index is 508. The Kier molecular flexibility index (Phi) is 4.47. The van der Waals surface area contributed by atoms with E-state index in [1.807, 2.05) is 13.8 Å². The Labute approximate surface area is 107 Å². The molecule has 0 radical (unpaired) electrons. The number of nitrogens with zero attached hydrogens (tertiary/aromatic N) is 2. The lowest BCUT2D eigenvalue weighted by molar-refractivity contribution is -0.384. The largest absolute Gasteiger partial charge is 0.433 e. The molecule has 5 nitrogen and oxygen atoms in total. The molecule has 0 aliphatic heterocycles. The molecule has 0 spiro atoms. The Balaban J connectivity index is 3.09. The normalized spacial score (nSPS) is 11.0. The molecule has 0 bridgehead atoms. The average molecular weight is 275 g/mol. The van der Waals surface area contributed by atoms with Crippen LogP contribution in [-0.4, -0.2) is 16.5 Å². The van der Waals surface area contributed by atoms with E-state index in [9.17, 15) is 23.3 Å². The summed E-state index contributed by atoms with van der Waals surface area (Å²) in [5, 5.41) is 13.3. The minimum absolute atomic E-state index is 0.199. The second-order valence-corrected chi connectivity index (χ2v) is 4.00. The van der Waals surface area contributed by atoms with Crippen molar-refractivity contribution in [2.24, 2.45) is 0 Å². The summed E-state index contributed by atoms with van der Waals surface area (Å²) in [4.78, 5) is 13.0. The predicted molar refractivity (Wildman–Crippen MR) is 63.8 cm³/mol. The van der Waals surface area contributed by atoms with Gasteiger partial charge in [-0.15, -0.1) is 0 Å². The van der Waals surface area contributed by atoms with Crippen LogP contribution in [-0.2, 0) is 6.18 Å². The van der Waals surface area contributed by atoms with Crippen LogP contribution in [0.3, 0.4) is 0 Å². The fourth-order valence-electron chi connectivity index (χ4n) is 1.26. The Morgan fingerprint density at radius 2 is 2.16 bits per heavy atom. The van der Waals surface area contributed by atoms with E-state index >= 15 is 0 Å². The molecule has 1 aromatic rings. The second kappa shape index (κ2) is 5.68. The maximum Gasteiger partial charge on any atom is 0.433 e. The first-order valence-corrected chi connectivity index (χ1v) is 5.30. The van der Waals surface area contributed by atoms with Crippen LogP contribution in [0.15, 0.2) is 23.9 Å². The van der Waals surface area contributed by atoms with Gasteiger partial charge in [0.05, 0.1) is 4.92 Å². The van der Waals surface area contributed by atoms with E-state index in [1.54, 1.807) is 6.08 Å². The molecule has 0 saturated carbocycles. The number of rotatable bonds is 4. The number of allylic oxidation sites excluding steroid dienone is 1. The zero-order valence-electron chi connectivity index (χ0n) is 10.3. The Morgan fingerprint density at radius 3 is 2.63 bits per heavy atom. The van der Waals surface area contributed by atoms with Crippen molar-refractivity contribution < 1.29 is 18.1 Å². The number of anilines is 1. The third kappa shape index (κ3) is 4.23. The first-order valence-electron chi connectivity index (χ1n) is 5.30. The van der Waals surface area contributed by atoms with Crippen molar-refractivity contribution in [1.82, 2.24) is 4.98 Å². The molecule has 1 rings (SSSR count). The lowest BCUT2D eigenvalue weighted by Crippen LogP contribution is -2.11. The topological polar surface area (TPSA) is 68.1 Å². The fourth-order valence-corrected chi connectivity index (χ4v) is 1.26. The van der Waals surface area contributed by atoms with Gasteiger partial charge in [-0.05, 0) is 19.9 Å². The second-order valence-electron chi connectivity index (χ2n) is 4.00. The zero-order valence-corrected chi connectivity index (χ0v) is 10.3. The molecule has 8 heteroatoms. The molecule has 0 fully saturated rings. The molecular formula is C11H12F3N3O2. The van der Waals surface area contributed by atoms with Crippen molar-refractivity contribution in [1.29, 1.82) is 0 Å². The van der Waals surface area contributed by atoms with Crippen molar-refractivity contribution in [3.05, 3.63) is 39.7 Å². The molecule has 0 saturated heterocycles. The average Bonchev–Trinajstić information content (AvgIpc) is 2.26. The van der Waals surface area contributed by atoms with Crippen LogP contribution < -0.4 is 5.32 Å². The Hall–Kier alpha value is -2.12. The van der Waals surface area contributed by atoms with E-state index < -0.39 is 22.5 Å². The highest BCUT2D eigenvalue weighted by atomic mass is 19.4. The molecule has 1 heterocycles. The van der Waals surface area contributed by atoms with Crippen molar-refractivity contribution in [3.8, 4) is 0 Å². The monoisotopic (exact) mass is 275 g/mol. The van der Waals surface area contributed by atoms with Crippen molar-refractivity contribution in [2.75, 3.05) is 11.9 Å². The van der Waals surface area contributed by atoms with Crippen molar-refractivity contribution in [2.45, 2.75) is 20.0 Å². The molecule has 104 valence electrons. The molecule has 0 aliphatic carbocycles. The number of hydrogen-bond donors (Lipinski definition) is 1. The molecule has 0 aromatic carbocycles. The lowest BCUT2D eigenvalue weighted by atomic mass is 10.2. The zero-order chi connectivity index (χ0) is 14.6. The highest BCUT2D eigenvalue weighted by Crippen LogP contribution is 2.32. The van der Waals surface area contributed by atoms with Gasteiger partial charge in [0.2, 0.25) is 0 Å². The molecule has 0 aliphatic rings. The van der Waals surface area contributed by atoms with Gasteiger partial charge in [0, 0.05) is 6.54 Å². The van der Waals surface area contributed by atoms with E-state index in [0.29, 0.717) is 12.3 Å². The highest BCUT2D eigenvalue weighted by molar-refractivity contribution is 5.61. The van der Waals surface area contributed by atoms with Gasteiger partial charge in [-0.1, -0.05) is 11.6 Å². The fraction of sp³-hybridized carbons (Fsp3) is 0.364. The summed E-state index contributed by atoms with van der Waals surface area (Å²) in [6, 6.07) is 0.636. The van der Waals surface area contributed by atoms with Gasteiger partial charge in [0.25, 0.3) is 0 Å². The summed E-state index contributed by atoms with van der Waals surface area (Å²) in [5.41, 5.74) is -0.918. The van der Waals surface area contributed by atoms with Crippen LogP contribution in [0.2, 0.25) is 0 Å². The van der Waals surface area contributed by atoms with Crippen molar-refractivity contribution in [3.63, 3.8) is 0 Å². The highest BCUT2D eigenvalue weighted by Gasteiger charge is 2.34. The number of pyridine rings is 1. The number of nitro groups is 1. The summed E-state index contributed by atoms with van der Waals surface area (Å²) < 4.78 is 37.4. The van der Waals surface area contributed by atoms with Crippen LogP contribution in [0.1, 0.15) is 19.5 Å². The van der Waals surface area contributed by atoms with Gasteiger partial charge in [-0.3, -0.25) is 10.1 Å². The molecule has 1 N–H and O–H groups in total. The van der Waals surface area contributed by atoms with Crippen LogP contribution in [0.5, 0.6) is 0 Å². The number of alkyl halides is 3. The van der Waals surface area contributed by atoms with E-state index in [0.717, 1.165) is 5.57 Å². The van der Waals surface area contributed by atoms with Gasteiger partial charge < -0.3 is 5.32 Å². The van der Waals surface area contributed by atoms with Crippen LogP contribution in [0, 0.1) is 10.1 Å². The molecule has 19 heavy (non-hydrogen) atoms. The van der Waals surface area contributed by atoms with Crippen LogP contribution >= 0.6 is 0 Å². The van der Waals surface area contributed by atoms with E-state index in [2.05, 4.69) is 10.3 Å². The van der Waals surface area contributed by atoms with E-state index in [-0.39, 0.29) is 12.2 Å². The first-order chi connectivity index (χ1) is 8.71. The summed E-state index contributed by atoms with van der Waals surface area (Å²) in [5.74, 6) is 0. The SMILES string of the molecule is CC(C)=CCNc1cc(C(F)(F)F)ncc1[N+](=O)[O-]. The van der Waals surface area contributed by atoms with Gasteiger partial charge >= 0.3 is 11.9 Å². The lowest BCUT2D eigenvalue weighted by Gasteiger charge is -2.09. The van der Waals surface area contributed by atoms with Gasteiger partial charge in [-0.25, -0.2) is 4.98 Å². The minimum atomic E-state index is -4.64. The quantitative estimate of drug-likeness (QED) is 0.519. The summed E-state index contributed by atoms with van der Waals surface area (Å²) in [6.45, 7) is 3.82. The standard InChI is InChI=1S/C11H12F3N3O2/c1-7(2)3-4-15-8-5-10(11(12,13)14)16-6-9(8)17(18)19/h3,5-6H,4H2,1-2H3,(H,15,16). The van der Waals surface area contributed by atoms with Crippen LogP contribution in [0.4, 0.5) is 24.5 Å². The van der Waals surface area contributed by atoms with E-state index in [1.165, 1.54) is 0 Å². The molecule has 0 amide bonds. The van der Waals surface area contributed by atoms with E-state index in [4.69, 9.17) is 0 Å². The van der Waals surface area contributed by atoms with Crippen molar-refractivity contribution >= 4 is 11.4 Å². The minimum Gasteiger partial charge on any atom is -0.376 e. The molecular weight excluding hydrogens is 263 g/mol. The summed E-state index contributed by atoms with van der Waals surface area (Å²) in [6.07, 6.45) is -2.33. The predicted octanol–water partition coefficient (Wildman–Crippen LogP) is 3.39.